The van der Waals surface area contributed by atoms with E-state index in [1.807, 2.05) is 24.3 Å². The summed E-state index contributed by atoms with van der Waals surface area (Å²) in [5.41, 5.74) is 1.45. The second kappa shape index (κ2) is 9.47. The van der Waals surface area contributed by atoms with E-state index in [1.54, 1.807) is 23.9 Å². The molecule has 0 unspecified atom stereocenters. The largest absolute Gasteiger partial charge is 0.476 e. The maximum absolute atomic E-state index is 12.5. The topological polar surface area (TPSA) is 75.7 Å². The zero-order valence-corrected chi connectivity index (χ0v) is 18.7. The number of amides is 1. The molecule has 0 aliphatic carbocycles. The van der Waals surface area contributed by atoms with Crippen molar-refractivity contribution in [1.29, 1.82) is 0 Å². The number of rotatable bonds is 7. The smallest absolute Gasteiger partial charge is 0.263 e. The van der Waals surface area contributed by atoms with Crippen LogP contribution < -0.4 is 14.4 Å². The van der Waals surface area contributed by atoms with Gasteiger partial charge in [0.1, 0.15) is 5.75 Å². The Kier molecular flexibility index (Phi) is 7.21. The molecular formula is C19H20Cl2N2O4S2. The van der Waals surface area contributed by atoms with Crippen LogP contribution in [0.15, 0.2) is 42.5 Å². The fourth-order valence-corrected chi connectivity index (χ4v) is 4.94. The molecule has 1 aliphatic rings. The molecule has 1 heterocycles. The first-order valence-corrected chi connectivity index (χ1v) is 12.5. The summed E-state index contributed by atoms with van der Waals surface area (Å²) in [7, 11) is -3.59. The van der Waals surface area contributed by atoms with Crippen molar-refractivity contribution in [3.05, 3.63) is 58.1 Å². The number of carbonyl (C=O) groups excluding carboxylic acids is 1. The third-order valence-corrected chi connectivity index (χ3v) is 6.83. The van der Waals surface area contributed by atoms with E-state index in [-0.39, 0.29) is 12.5 Å². The normalized spacial score (nSPS) is 16.1. The van der Waals surface area contributed by atoms with E-state index in [9.17, 15) is 13.2 Å². The molecule has 0 radical (unpaired) electrons. The number of benzene rings is 2. The summed E-state index contributed by atoms with van der Waals surface area (Å²) in [5, 5.41) is 3.89. The van der Waals surface area contributed by atoms with Crippen molar-refractivity contribution >= 4 is 56.6 Å². The van der Waals surface area contributed by atoms with Gasteiger partial charge < -0.3 is 10.1 Å². The summed E-state index contributed by atoms with van der Waals surface area (Å²) in [5.74, 6) is 1.43. The van der Waals surface area contributed by atoms with E-state index in [4.69, 9.17) is 27.9 Å². The zero-order chi connectivity index (χ0) is 21.0. The van der Waals surface area contributed by atoms with Crippen LogP contribution in [0.1, 0.15) is 5.56 Å². The molecule has 0 saturated carbocycles. The molecule has 1 amide bonds. The molecule has 156 valence electrons. The van der Waals surface area contributed by atoms with Crippen LogP contribution in [0.3, 0.4) is 0 Å². The van der Waals surface area contributed by atoms with Crippen LogP contribution >= 0.6 is 35.0 Å². The summed E-state index contributed by atoms with van der Waals surface area (Å²) >= 11 is 13.6. The molecule has 2 aromatic carbocycles. The van der Waals surface area contributed by atoms with Crippen molar-refractivity contribution in [3.63, 3.8) is 0 Å². The lowest BCUT2D eigenvalue weighted by Gasteiger charge is -2.34. The lowest BCUT2D eigenvalue weighted by molar-refractivity contribution is -0.127. The fraction of sp³-hybridized carbons (Fsp3) is 0.316. The zero-order valence-electron chi connectivity index (χ0n) is 15.6. The van der Waals surface area contributed by atoms with Crippen LogP contribution in [0, 0.1) is 0 Å². The second-order valence-corrected chi connectivity index (χ2v) is 10.4. The quantitative estimate of drug-likeness (QED) is 0.620. The first-order chi connectivity index (χ1) is 13.7. The number of hydrogen-bond donors (Lipinski definition) is 1. The number of thioether (sulfide) groups is 1. The Hall–Kier alpha value is -1.61. The van der Waals surface area contributed by atoms with Gasteiger partial charge in [-0.2, -0.15) is 11.8 Å². The Morgan fingerprint density at radius 1 is 1.24 bits per heavy atom. The number of carbonyl (C=O) groups is 1. The van der Waals surface area contributed by atoms with Crippen LogP contribution in [0.4, 0.5) is 5.69 Å². The number of halogens is 2. The third kappa shape index (κ3) is 5.94. The molecule has 1 atom stereocenters. The van der Waals surface area contributed by atoms with Gasteiger partial charge in [0, 0.05) is 28.1 Å². The third-order valence-electron chi connectivity index (χ3n) is 4.19. The minimum atomic E-state index is -3.59. The van der Waals surface area contributed by atoms with E-state index < -0.39 is 16.1 Å². The van der Waals surface area contributed by atoms with Gasteiger partial charge in [-0.25, -0.2) is 8.42 Å². The molecule has 0 saturated heterocycles. The molecule has 3 rings (SSSR count). The molecule has 29 heavy (non-hydrogen) atoms. The molecule has 0 aromatic heterocycles. The first kappa shape index (κ1) is 22.1. The summed E-state index contributed by atoms with van der Waals surface area (Å²) in [4.78, 5) is 12.5. The molecule has 1 N–H and O–H groups in total. The Bertz CT molecular complexity index is 1000. The number of nitrogens with one attached hydrogen (secondary N) is 1. The first-order valence-electron chi connectivity index (χ1n) is 8.78. The number of hydrogen-bond acceptors (Lipinski definition) is 5. The van der Waals surface area contributed by atoms with E-state index in [1.165, 1.54) is 6.07 Å². The van der Waals surface area contributed by atoms with Gasteiger partial charge in [-0.1, -0.05) is 35.3 Å². The van der Waals surface area contributed by atoms with E-state index >= 15 is 0 Å². The Morgan fingerprint density at radius 2 is 2.00 bits per heavy atom. The SMILES string of the molecule is CS(=O)(=O)N1C[C@@H](C(=O)NCCSCc2cccc(Cl)c2)Oc2ccc(Cl)cc21. The monoisotopic (exact) mass is 474 g/mol. The number of ether oxygens (including phenoxy) is 1. The van der Waals surface area contributed by atoms with Crippen molar-refractivity contribution in [3.8, 4) is 5.75 Å². The van der Waals surface area contributed by atoms with Crippen molar-refractivity contribution < 1.29 is 17.9 Å². The molecule has 0 fully saturated rings. The Morgan fingerprint density at radius 3 is 2.72 bits per heavy atom. The summed E-state index contributed by atoms with van der Waals surface area (Å²) in [6.45, 7) is 0.337. The summed E-state index contributed by atoms with van der Waals surface area (Å²) < 4.78 is 31.2. The van der Waals surface area contributed by atoms with Crippen LogP contribution in [0.5, 0.6) is 5.75 Å². The van der Waals surface area contributed by atoms with Gasteiger partial charge in [0.25, 0.3) is 5.91 Å². The maximum atomic E-state index is 12.5. The molecule has 6 nitrogen and oxygen atoms in total. The molecular weight excluding hydrogens is 455 g/mol. The van der Waals surface area contributed by atoms with Crippen LogP contribution in [-0.2, 0) is 20.6 Å². The fourth-order valence-electron chi connectivity index (χ4n) is 2.85. The van der Waals surface area contributed by atoms with Crippen LogP contribution in [-0.4, -0.2) is 45.5 Å². The highest BCUT2D eigenvalue weighted by molar-refractivity contribution is 7.98. The summed E-state index contributed by atoms with van der Waals surface area (Å²) in [6.07, 6.45) is 0.154. The highest BCUT2D eigenvalue weighted by Crippen LogP contribution is 2.37. The van der Waals surface area contributed by atoms with Gasteiger partial charge >= 0.3 is 0 Å². The average molecular weight is 475 g/mol. The minimum Gasteiger partial charge on any atom is -0.476 e. The predicted octanol–water partition coefficient (Wildman–Crippen LogP) is 3.57. The lowest BCUT2D eigenvalue weighted by atomic mass is 10.2. The lowest BCUT2D eigenvalue weighted by Crippen LogP contribution is -2.50. The molecule has 0 spiro atoms. The maximum Gasteiger partial charge on any atom is 0.263 e. The number of anilines is 1. The van der Waals surface area contributed by atoms with Crippen molar-refractivity contribution in [2.45, 2.75) is 11.9 Å². The van der Waals surface area contributed by atoms with Gasteiger partial charge in [-0.15, -0.1) is 0 Å². The van der Waals surface area contributed by atoms with E-state index in [0.717, 1.165) is 21.9 Å². The van der Waals surface area contributed by atoms with Gasteiger partial charge in [0.15, 0.2) is 6.10 Å². The number of fused-ring (bicyclic) bond motifs is 1. The van der Waals surface area contributed by atoms with E-state index in [0.29, 0.717) is 33.8 Å². The van der Waals surface area contributed by atoms with Crippen LogP contribution in [0.2, 0.25) is 10.0 Å². The van der Waals surface area contributed by atoms with Crippen molar-refractivity contribution in [1.82, 2.24) is 5.32 Å². The molecule has 0 bridgehead atoms. The van der Waals surface area contributed by atoms with Crippen LogP contribution in [0.25, 0.3) is 0 Å². The van der Waals surface area contributed by atoms with Crippen molar-refractivity contribution in [2.24, 2.45) is 0 Å². The van der Waals surface area contributed by atoms with Gasteiger partial charge in [-0.05, 0) is 35.9 Å². The Labute approximate surface area is 184 Å². The molecule has 2 aromatic rings. The van der Waals surface area contributed by atoms with Gasteiger partial charge in [0.05, 0.1) is 18.5 Å². The standard InChI is InChI=1S/C19H20Cl2N2O4S2/c1-29(25,26)23-11-18(27-17-6-5-15(21)10-16(17)23)19(24)22-7-8-28-12-13-3-2-4-14(20)9-13/h2-6,9-10,18H,7-8,11-12H2,1H3,(H,22,24)/t18-/m0/s1. The predicted molar refractivity (Wildman–Crippen MR) is 119 cm³/mol. The van der Waals surface area contributed by atoms with E-state index in [2.05, 4.69) is 5.32 Å². The molecule has 1 aliphatic heterocycles. The molecule has 10 heteroatoms. The van der Waals surface area contributed by atoms with Gasteiger partial charge in [-0.3, -0.25) is 9.10 Å². The van der Waals surface area contributed by atoms with Gasteiger partial charge in [0.2, 0.25) is 10.0 Å². The van der Waals surface area contributed by atoms with Crippen molar-refractivity contribution in [2.75, 3.05) is 29.4 Å². The Balaban J connectivity index is 1.55. The second-order valence-electron chi connectivity index (χ2n) is 6.49. The minimum absolute atomic E-state index is 0.104. The highest BCUT2D eigenvalue weighted by Gasteiger charge is 2.35. The number of nitrogens with zero attached hydrogens (tertiary/aromatic N) is 1. The average Bonchev–Trinajstić information content (AvgIpc) is 2.66. The highest BCUT2D eigenvalue weighted by atomic mass is 35.5. The number of sulfonamides is 1. The summed E-state index contributed by atoms with van der Waals surface area (Å²) in [6, 6.07) is 12.3.